The monoisotopic (exact) mass is 314 g/mol. The summed E-state index contributed by atoms with van der Waals surface area (Å²) >= 11 is 6.12. The van der Waals surface area contributed by atoms with Crippen LogP contribution < -0.4 is 15.8 Å². The molecule has 1 rings (SSSR count). The van der Waals surface area contributed by atoms with Gasteiger partial charge in [0.15, 0.2) is 0 Å². The van der Waals surface area contributed by atoms with E-state index < -0.39 is 5.54 Å². The summed E-state index contributed by atoms with van der Waals surface area (Å²) in [7, 11) is 1.60. The number of rotatable bonds is 8. The van der Waals surface area contributed by atoms with Gasteiger partial charge in [0.05, 0.1) is 17.2 Å². The van der Waals surface area contributed by atoms with Crippen molar-refractivity contribution in [2.45, 2.75) is 32.2 Å². The third-order valence-electron chi connectivity index (χ3n) is 3.02. The Balaban J connectivity index is 2.69. The van der Waals surface area contributed by atoms with E-state index in [1.807, 2.05) is 6.92 Å². The van der Waals surface area contributed by atoms with Crippen molar-refractivity contribution in [1.82, 2.24) is 0 Å². The Morgan fingerprint density at radius 2 is 2.14 bits per heavy atom. The minimum atomic E-state index is -0.894. The zero-order chi connectivity index (χ0) is 15.9. The lowest BCUT2D eigenvalue weighted by Gasteiger charge is -2.23. The zero-order valence-corrected chi connectivity index (χ0v) is 13.5. The molecular formula is C15H23ClN2O3. The largest absolute Gasteiger partial charge is 0.490 e. The number of halogens is 1. The van der Waals surface area contributed by atoms with Gasteiger partial charge < -0.3 is 20.5 Å². The smallest absolute Gasteiger partial charge is 0.244 e. The van der Waals surface area contributed by atoms with Crippen LogP contribution in [0.5, 0.6) is 5.75 Å². The Hall–Kier alpha value is -1.30. The second kappa shape index (κ2) is 8.22. The lowest BCUT2D eigenvalue weighted by atomic mass is 9.96. The van der Waals surface area contributed by atoms with E-state index in [0.717, 1.165) is 6.42 Å². The maximum absolute atomic E-state index is 12.1. The maximum atomic E-state index is 12.1. The number of nitrogens with two attached hydrogens (primary N) is 1. The lowest BCUT2D eigenvalue weighted by molar-refractivity contribution is -0.120. The molecule has 0 heterocycles. The second-order valence-corrected chi connectivity index (χ2v) is 5.52. The summed E-state index contributed by atoms with van der Waals surface area (Å²) < 4.78 is 10.3. The zero-order valence-electron chi connectivity index (χ0n) is 12.7. The number of benzene rings is 1. The third-order valence-corrected chi connectivity index (χ3v) is 3.32. The number of methoxy groups -OCH3 is 1. The maximum Gasteiger partial charge on any atom is 0.244 e. The van der Waals surface area contributed by atoms with E-state index in [1.165, 1.54) is 0 Å². The fraction of sp³-hybridized carbons (Fsp3) is 0.533. The highest BCUT2D eigenvalue weighted by Crippen LogP contribution is 2.28. The lowest BCUT2D eigenvalue weighted by Crippen LogP contribution is -2.48. The van der Waals surface area contributed by atoms with Gasteiger partial charge in [0, 0.05) is 12.8 Å². The second-order valence-electron chi connectivity index (χ2n) is 5.11. The fourth-order valence-corrected chi connectivity index (χ4v) is 2.07. The van der Waals surface area contributed by atoms with Gasteiger partial charge >= 0.3 is 0 Å². The van der Waals surface area contributed by atoms with Crippen LogP contribution in [-0.2, 0) is 9.53 Å². The molecule has 21 heavy (non-hydrogen) atoms. The molecular weight excluding hydrogens is 292 g/mol. The van der Waals surface area contributed by atoms with E-state index >= 15 is 0 Å². The highest BCUT2D eigenvalue weighted by atomic mass is 35.5. The molecule has 0 aliphatic rings. The first kappa shape index (κ1) is 17.8. The highest BCUT2D eigenvalue weighted by Gasteiger charge is 2.27. The van der Waals surface area contributed by atoms with E-state index in [9.17, 15) is 4.79 Å². The van der Waals surface area contributed by atoms with Gasteiger partial charge in [-0.15, -0.1) is 0 Å². The summed E-state index contributed by atoms with van der Waals surface area (Å²) in [6, 6.07) is 5.08. The van der Waals surface area contributed by atoms with Crippen LogP contribution in [-0.4, -0.2) is 31.8 Å². The molecule has 3 N–H and O–H groups in total. The van der Waals surface area contributed by atoms with Crippen LogP contribution in [0.25, 0.3) is 0 Å². The number of nitrogens with one attached hydrogen (secondary N) is 1. The van der Waals surface area contributed by atoms with E-state index in [-0.39, 0.29) is 5.91 Å². The molecule has 1 atom stereocenters. The van der Waals surface area contributed by atoms with E-state index in [4.69, 9.17) is 26.8 Å². The topological polar surface area (TPSA) is 73.6 Å². The van der Waals surface area contributed by atoms with Crippen molar-refractivity contribution in [3.05, 3.63) is 23.2 Å². The standard InChI is InChI=1S/C15H23ClN2O3/c1-4-7-15(2,17)14(19)18-11-5-6-13(12(16)10-11)21-9-8-20-3/h5-6,10H,4,7-9,17H2,1-3H3,(H,18,19). The van der Waals surface area contributed by atoms with Crippen LogP contribution in [0, 0.1) is 0 Å². The van der Waals surface area contributed by atoms with Gasteiger partial charge in [-0.2, -0.15) is 0 Å². The van der Waals surface area contributed by atoms with Gasteiger partial charge in [-0.1, -0.05) is 24.9 Å². The van der Waals surface area contributed by atoms with E-state index in [2.05, 4.69) is 5.32 Å². The van der Waals surface area contributed by atoms with Crippen molar-refractivity contribution in [1.29, 1.82) is 0 Å². The first-order chi connectivity index (χ1) is 9.90. The van der Waals surface area contributed by atoms with Crippen molar-refractivity contribution in [2.24, 2.45) is 5.73 Å². The van der Waals surface area contributed by atoms with E-state index in [0.29, 0.717) is 36.1 Å². The van der Waals surface area contributed by atoms with Crippen molar-refractivity contribution < 1.29 is 14.3 Å². The van der Waals surface area contributed by atoms with Crippen LogP contribution in [0.3, 0.4) is 0 Å². The number of amides is 1. The van der Waals surface area contributed by atoms with Crippen LogP contribution in [0.15, 0.2) is 18.2 Å². The van der Waals surface area contributed by atoms with Crippen LogP contribution >= 0.6 is 11.6 Å². The molecule has 1 aromatic carbocycles. The number of anilines is 1. The summed E-state index contributed by atoms with van der Waals surface area (Å²) in [5, 5.41) is 3.20. The molecule has 0 aromatic heterocycles. The Labute approximate surface area is 130 Å². The number of hydrogen-bond acceptors (Lipinski definition) is 4. The third kappa shape index (κ3) is 5.53. The van der Waals surface area contributed by atoms with E-state index in [1.54, 1.807) is 32.2 Å². The molecule has 5 nitrogen and oxygen atoms in total. The molecule has 118 valence electrons. The summed E-state index contributed by atoms with van der Waals surface area (Å²) in [5.74, 6) is 0.323. The summed E-state index contributed by atoms with van der Waals surface area (Å²) in [4.78, 5) is 12.1. The molecule has 0 radical (unpaired) electrons. The van der Waals surface area contributed by atoms with Gasteiger partial charge in [0.2, 0.25) is 5.91 Å². The van der Waals surface area contributed by atoms with Crippen molar-refractivity contribution >= 4 is 23.2 Å². The molecule has 1 amide bonds. The average molecular weight is 315 g/mol. The van der Waals surface area contributed by atoms with Crippen LogP contribution in [0.2, 0.25) is 5.02 Å². The van der Waals surface area contributed by atoms with Crippen molar-refractivity contribution in [3.8, 4) is 5.75 Å². The van der Waals surface area contributed by atoms with Crippen LogP contribution in [0.4, 0.5) is 5.69 Å². The number of hydrogen-bond donors (Lipinski definition) is 2. The first-order valence-electron chi connectivity index (χ1n) is 6.92. The minimum absolute atomic E-state index is 0.228. The predicted molar refractivity (Wildman–Crippen MR) is 85.0 cm³/mol. The average Bonchev–Trinajstić information content (AvgIpc) is 2.41. The SMILES string of the molecule is CCCC(C)(N)C(=O)Nc1ccc(OCCOC)c(Cl)c1. The molecule has 0 saturated heterocycles. The highest BCUT2D eigenvalue weighted by molar-refractivity contribution is 6.32. The molecule has 6 heteroatoms. The Bertz CT molecular complexity index is 478. The molecule has 1 aromatic rings. The number of carbonyl (C=O) groups is 1. The number of ether oxygens (including phenoxy) is 2. The first-order valence-corrected chi connectivity index (χ1v) is 7.30. The Kier molecular flexibility index (Phi) is 6.95. The normalized spacial score (nSPS) is 13.6. The van der Waals surface area contributed by atoms with Gasteiger partial charge in [-0.3, -0.25) is 4.79 Å². The quantitative estimate of drug-likeness (QED) is 0.724. The van der Waals surface area contributed by atoms with Gasteiger partial charge in [-0.05, 0) is 31.5 Å². The molecule has 0 saturated carbocycles. The molecule has 1 unspecified atom stereocenters. The molecule has 0 aliphatic carbocycles. The minimum Gasteiger partial charge on any atom is -0.490 e. The van der Waals surface area contributed by atoms with Crippen molar-refractivity contribution in [2.75, 3.05) is 25.6 Å². The summed E-state index contributed by atoms with van der Waals surface area (Å²) in [6.07, 6.45) is 1.46. The summed E-state index contributed by atoms with van der Waals surface area (Å²) in [6.45, 7) is 4.60. The molecule has 0 bridgehead atoms. The Morgan fingerprint density at radius 3 is 2.71 bits per heavy atom. The molecule has 0 fully saturated rings. The fourth-order valence-electron chi connectivity index (χ4n) is 1.84. The van der Waals surface area contributed by atoms with Gasteiger partial charge in [0.25, 0.3) is 0 Å². The Morgan fingerprint density at radius 1 is 1.43 bits per heavy atom. The number of carbonyl (C=O) groups excluding carboxylic acids is 1. The molecule has 0 spiro atoms. The predicted octanol–water partition coefficient (Wildman–Crippen LogP) is 2.82. The van der Waals surface area contributed by atoms with Crippen LogP contribution in [0.1, 0.15) is 26.7 Å². The summed E-state index contributed by atoms with van der Waals surface area (Å²) in [5.41, 5.74) is 5.68. The van der Waals surface area contributed by atoms with Gasteiger partial charge in [0.1, 0.15) is 12.4 Å². The van der Waals surface area contributed by atoms with Gasteiger partial charge in [-0.25, -0.2) is 0 Å². The van der Waals surface area contributed by atoms with Crippen molar-refractivity contribution in [3.63, 3.8) is 0 Å². The molecule has 0 aliphatic heterocycles.